The lowest BCUT2D eigenvalue weighted by molar-refractivity contribution is -0.107. The molecule has 0 radical (unpaired) electrons. The molecule has 0 aliphatic heterocycles. The van der Waals surface area contributed by atoms with Crippen LogP contribution in [0.3, 0.4) is 0 Å². The lowest BCUT2D eigenvalue weighted by Gasteiger charge is -2.05. The van der Waals surface area contributed by atoms with E-state index < -0.39 is 0 Å². The zero-order valence-corrected chi connectivity index (χ0v) is 8.53. The molecular weight excluding hydrogens is 176 g/mol. The van der Waals surface area contributed by atoms with E-state index in [0.29, 0.717) is 13.0 Å². The summed E-state index contributed by atoms with van der Waals surface area (Å²) in [6, 6.07) is 7.99. The molecule has 0 heterocycles. The first kappa shape index (κ1) is 10.8. The van der Waals surface area contributed by atoms with Gasteiger partial charge < -0.3 is 9.53 Å². The number of benzene rings is 1. The van der Waals surface area contributed by atoms with E-state index in [1.165, 1.54) is 5.56 Å². The van der Waals surface area contributed by atoms with Gasteiger partial charge in [-0.2, -0.15) is 0 Å². The van der Waals surface area contributed by atoms with Gasteiger partial charge in [0.15, 0.2) is 0 Å². The maximum Gasteiger partial charge on any atom is 0.119 e. The molecule has 0 saturated heterocycles. The van der Waals surface area contributed by atoms with Gasteiger partial charge in [-0.15, -0.1) is 0 Å². The summed E-state index contributed by atoms with van der Waals surface area (Å²) in [4.78, 5) is 10.0. The molecule has 0 unspecified atom stereocenters. The van der Waals surface area contributed by atoms with Gasteiger partial charge in [0.05, 0.1) is 6.61 Å². The lowest BCUT2D eigenvalue weighted by atomic mass is 10.2. The zero-order valence-electron chi connectivity index (χ0n) is 8.53. The van der Waals surface area contributed by atoms with Crippen LogP contribution in [0.5, 0.6) is 5.75 Å². The van der Waals surface area contributed by atoms with Crippen LogP contribution >= 0.6 is 0 Å². The first-order valence-electron chi connectivity index (χ1n) is 4.96. The summed E-state index contributed by atoms with van der Waals surface area (Å²) in [6.45, 7) is 2.74. The van der Waals surface area contributed by atoms with E-state index in [1.807, 2.05) is 31.2 Å². The van der Waals surface area contributed by atoms with E-state index in [0.717, 1.165) is 24.9 Å². The Morgan fingerprint density at radius 2 is 1.93 bits per heavy atom. The monoisotopic (exact) mass is 192 g/mol. The highest BCUT2D eigenvalue weighted by Crippen LogP contribution is 2.11. The topological polar surface area (TPSA) is 26.3 Å². The van der Waals surface area contributed by atoms with Crippen LogP contribution < -0.4 is 4.74 Å². The second-order valence-electron chi connectivity index (χ2n) is 3.32. The van der Waals surface area contributed by atoms with E-state index in [1.54, 1.807) is 0 Å². The number of unbranched alkanes of at least 4 members (excludes halogenated alkanes) is 2. The SMILES string of the molecule is Cc1ccc(OCCCCC=O)cc1. The van der Waals surface area contributed by atoms with Crippen molar-refractivity contribution in [1.82, 2.24) is 0 Å². The highest BCUT2D eigenvalue weighted by atomic mass is 16.5. The van der Waals surface area contributed by atoms with Crippen molar-refractivity contribution in [2.24, 2.45) is 0 Å². The van der Waals surface area contributed by atoms with Crippen LogP contribution in [0.25, 0.3) is 0 Å². The van der Waals surface area contributed by atoms with Crippen LogP contribution in [0.4, 0.5) is 0 Å². The molecule has 0 spiro atoms. The molecule has 1 rings (SSSR count). The van der Waals surface area contributed by atoms with Crippen molar-refractivity contribution in [3.63, 3.8) is 0 Å². The van der Waals surface area contributed by atoms with Crippen LogP contribution in [0.2, 0.25) is 0 Å². The molecule has 76 valence electrons. The highest BCUT2D eigenvalue weighted by Gasteiger charge is 1.92. The first-order chi connectivity index (χ1) is 6.83. The van der Waals surface area contributed by atoms with Crippen molar-refractivity contribution in [1.29, 1.82) is 0 Å². The molecule has 0 N–H and O–H groups in total. The van der Waals surface area contributed by atoms with Crippen LogP contribution in [-0.4, -0.2) is 12.9 Å². The Morgan fingerprint density at radius 1 is 1.21 bits per heavy atom. The predicted octanol–water partition coefficient (Wildman–Crippen LogP) is 2.74. The van der Waals surface area contributed by atoms with Gasteiger partial charge in [0, 0.05) is 6.42 Å². The van der Waals surface area contributed by atoms with E-state index >= 15 is 0 Å². The highest BCUT2D eigenvalue weighted by molar-refractivity contribution is 5.48. The summed E-state index contributed by atoms with van der Waals surface area (Å²) >= 11 is 0. The number of aldehydes is 1. The van der Waals surface area contributed by atoms with Crippen LogP contribution in [0.15, 0.2) is 24.3 Å². The lowest BCUT2D eigenvalue weighted by Crippen LogP contribution is -1.97. The van der Waals surface area contributed by atoms with Crippen molar-refractivity contribution >= 4 is 6.29 Å². The van der Waals surface area contributed by atoms with Crippen molar-refractivity contribution in [3.05, 3.63) is 29.8 Å². The van der Waals surface area contributed by atoms with Crippen molar-refractivity contribution < 1.29 is 9.53 Å². The molecule has 14 heavy (non-hydrogen) atoms. The summed E-state index contributed by atoms with van der Waals surface area (Å²) in [5.74, 6) is 0.904. The van der Waals surface area contributed by atoms with Crippen LogP contribution in [0.1, 0.15) is 24.8 Å². The number of aryl methyl sites for hydroxylation is 1. The van der Waals surface area contributed by atoms with E-state index in [9.17, 15) is 4.79 Å². The average Bonchev–Trinajstić information content (AvgIpc) is 2.21. The van der Waals surface area contributed by atoms with Gasteiger partial charge >= 0.3 is 0 Å². The summed E-state index contributed by atoms with van der Waals surface area (Å²) in [5, 5.41) is 0. The summed E-state index contributed by atoms with van der Waals surface area (Å²) < 4.78 is 5.49. The van der Waals surface area contributed by atoms with Crippen LogP contribution in [0, 0.1) is 6.92 Å². The maximum atomic E-state index is 10.0. The van der Waals surface area contributed by atoms with Gasteiger partial charge in [0.1, 0.15) is 12.0 Å². The number of hydrogen-bond acceptors (Lipinski definition) is 2. The van der Waals surface area contributed by atoms with Gasteiger partial charge in [-0.25, -0.2) is 0 Å². The summed E-state index contributed by atoms with van der Waals surface area (Å²) in [5.41, 5.74) is 1.23. The number of carbonyl (C=O) groups is 1. The fourth-order valence-corrected chi connectivity index (χ4v) is 1.15. The smallest absolute Gasteiger partial charge is 0.119 e. The van der Waals surface area contributed by atoms with E-state index in [-0.39, 0.29) is 0 Å². The third-order valence-corrected chi connectivity index (χ3v) is 2.01. The molecule has 0 aromatic heterocycles. The minimum absolute atomic E-state index is 0.636. The maximum absolute atomic E-state index is 10.0. The largest absolute Gasteiger partial charge is 0.494 e. The second-order valence-corrected chi connectivity index (χ2v) is 3.32. The Hall–Kier alpha value is -1.31. The Morgan fingerprint density at radius 3 is 2.57 bits per heavy atom. The third-order valence-electron chi connectivity index (χ3n) is 2.01. The normalized spacial score (nSPS) is 9.79. The Balaban J connectivity index is 2.18. The number of carbonyl (C=O) groups excluding carboxylic acids is 1. The van der Waals surface area contributed by atoms with Gasteiger partial charge in [0.2, 0.25) is 0 Å². The van der Waals surface area contributed by atoms with Crippen molar-refractivity contribution in [2.75, 3.05) is 6.61 Å². The minimum atomic E-state index is 0.636. The molecule has 1 aromatic rings. The number of rotatable bonds is 6. The molecular formula is C12H16O2. The van der Waals surface area contributed by atoms with Crippen molar-refractivity contribution in [2.45, 2.75) is 26.2 Å². The first-order valence-corrected chi connectivity index (χ1v) is 4.96. The fourth-order valence-electron chi connectivity index (χ4n) is 1.15. The molecule has 0 atom stereocenters. The predicted molar refractivity (Wildman–Crippen MR) is 56.6 cm³/mol. The van der Waals surface area contributed by atoms with Gasteiger partial charge in [-0.05, 0) is 31.9 Å². The third kappa shape index (κ3) is 4.08. The Labute approximate surface area is 84.9 Å². The van der Waals surface area contributed by atoms with Gasteiger partial charge in [0.25, 0.3) is 0 Å². The number of hydrogen-bond donors (Lipinski definition) is 0. The minimum Gasteiger partial charge on any atom is -0.494 e. The summed E-state index contributed by atoms with van der Waals surface area (Å²) in [7, 11) is 0. The molecule has 0 bridgehead atoms. The molecule has 2 heteroatoms. The zero-order chi connectivity index (χ0) is 10.2. The van der Waals surface area contributed by atoms with E-state index in [2.05, 4.69) is 0 Å². The standard InChI is InChI=1S/C12H16O2/c1-11-5-7-12(8-6-11)14-10-4-2-3-9-13/h5-9H,2-4,10H2,1H3. The number of ether oxygens (including phenoxy) is 1. The molecule has 0 fully saturated rings. The molecule has 1 aromatic carbocycles. The molecule has 0 saturated carbocycles. The molecule has 0 aliphatic carbocycles. The van der Waals surface area contributed by atoms with Gasteiger partial charge in [-0.3, -0.25) is 0 Å². The second kappa shape index (κ2) is 6.19. The van der Waals surface area contributed by atoms with Gasteiger partial charge in [-0.1, -0.05) is 17.7 Å². The Kier molecular flexibility index (Phi) is 4.76. The van der Waals surface area contributed by atoms with E-state index in [4.69, 9.17) is 4.74 Å². The molecule has 0 amide bonds. The Bertz CT molecular complexity index is 264. The van der Waals surface area contributed by atoms with Crippen LogP contribution in [-0.2, 0) is 4.79 Å². The average molecular weight is 192 g/mol. The summed E-state index contributed by atoms with van der Waals surface area (Å²) in [6.07, 6.45) is 3.44. The molecule has 2 nitrogen and oxygen atoms in total. The fraction of sp³-hybridized carbons (Fsp3) is 0.417. The molecule has 0 aliphatic rings. The quantitative estimate of drug-likeness (QED) is 0.511. The van der Waals surface area contributed by atoms with Crippen molar-refractivity contribution in [3.8, 4) is 5.75 Å².